The Hall–Kier alpha value is -0.320. The van der Waals surface area contributed by atoms with Gasteiger partial charge in [0.05, 0.1) is 11.0 Å². The fraction of sp³-hybridized carbons (Fsp3) is 0.467. The molecule has 2 rings (SSSR count). The first-order chi connectivity index (χ1) is 8.84. The van der Waals surface area contributed by atoms with Gasteiger partial charge in [0, 0.05) is 15.4 Å². The van der Waals surface area contributed by atoms with Crippen LogP contribution in [0.15, 0.2) is 25.5 Å². The van der Waals surface area contributed by atoms with Crippen molar-refractivity contribution < 1.29 is 4.42 Å². The first-order valence-electron chi connectivity index (χ1n) is 6.46. The Balaban J connectivity index is 2.70. The molecule has 0 atom stereocenters. The molecule has 1 aromatic carbocycles. The molecular formula is C15H19Br2NO. The van der Waals surface area contributed by atoms with Gasteiger partial charge in [-0.3, -0.25) is 0 Å². The van der Waals surface area contributed by atoms with Crippen molar-refractivity contribution >= 4 is 42.8 Å². The van der Waals surface area contributed by atoms with E-state index < -0.39 is 0 Å². The summed E-state index contributed by atoms with van der Waals surface area (Å²) in [5.41, 5.74) is 2.27. The minimum absolute atomic E-state index is 0.0518. The van der Waals surface area contributed by atoms with Crippen LogP contribution in [0.5, 0.6) is 0 Å². The predicted molar refractivity (Wildman–Crippen MR) is 87.7 cm³/mol. The normalized spacial score (nSPS) is 12.3. The fourth-order valence-corrected chi connectivity index (χ4v) is 3.67. The molecule has 0 amide bonds. The SMILES string of the molecule is CCNCc1oc2c(Br)cc(Br)cc2c1C(C)(C)C. The van der Waals surface area contributed by atoms with Crippen LogP contribution in [0.3, 0.4) is 0 Å². The summed E-state index contributed by atoms with van der Waals surface area (Å²) < 4.78 is 8.14. The number of halogens is 2. The zero-order valence-corrected chi connectivity index (χ0v) is 14.9. The van der Waals surface area contributed by atoms with E-state index in [2.05, 4.69) is 70.9 Å². The molecule has 0 saturated heterocycles. The van der Waals surface area contributed by atoms with Gasteiger partial charge < -0.3 is 9.73 Å². The number of rotatable bonds is 3. The molecule has 4 heteroatoms. The average Bonchev–Trinajstić information content (AvgIpc) is 2.64. The molecular weight excluding hydrogens is 370 g/mol. The van der Waals surface area contributed by atoms with Gasteiger partial charge in [-0.1, -0.05) is 43.6 Å². The first kappa shape index (κ1) is 15.1. The predicted octanol–water partition coefficient (Wildman–Crippen LogP) is 5.36. The van der Waals surface area contributed by atoms with Crippen LogP contribution in [0.25, 0.3) is 11.0 Å². The molecule has 0 aliphatic heterocycles. The Bertz CT molecular complexity index is 596. The van der Waals surface area contributed by atoms with Gasteiger partial charge in [-0.15, -0.1) is 0 Å². The van der Waals surface area contributed by atoms with Crippen molar-refractivity contribution in [1.82, 2.24) is 5.32 Å². The lowest BCUT2D eigenvalue weighted by Crippen LogP contribution is -2.18. The maximum atomic E-state index is 6.08. The Labute approximate surface area is 131 Å². The van der Waals surface area contributed by atoms with Gasteiger partial charge in [0.25, 0.3) is 0 Å². The topological polar surface area (TPSA) is 25.2 Å². The van der Waals surface area contributed by atoms with Crippen LogP contribution in [0, 0.1) is 0 Å². The third kappa shape index (κ3) is 3.06. The minimum atomic E-state index is 0.0518. The Morgan fingerprint density at radius 1 is 1.21 bits per heavy atom. The van der Waals surface area contributed by atoms with Crippen molar-refractivity contribution in [3.8, 4) is 0 Å². The van der Waals surface area contributed by atoms with Gasteiger partial charge >= 0.3 is 0 Å². The van der Waals surface area contributed by atoms with E-state index in [0.29, 0.717) is 0 Å². The van der Waals surface area contributed by atoms with E-state index in [0.717, 1.165) is 33.4 Å². The summed E-state index contributed by atoms with van der Waals surface area (Å²) >= 11 is 7.14. The lowest BCUT2D eigenvalue weighted by Gasteiger charge is -2.19. The largest absolute Gasteiger partial charge is 0.458 e. The lowest BCUT2D eigenvalue weighted by atomic mass is 9.85. The van der Waals surface area contributed by atoms with E-state index in [-0.39, 0.29) is 5.41 Å². The van der Waals surface area contributed by atoms with Crippen LogP contribution in [0.4, 0.5) is 0 Å². The Kier molecular flexibility index (Phi) is 4.43. The van der Waals surface area contributed by atoms with Gasteiger partial charge in [-0.2, -0.15) is 0 Å². The summed E-state index contributed by atoms with van der Waals surface area (Å²) in [6.07, 6.45) is 0. The van der Waals surface area contributed by atoms with Crippen LogP contribution in [-0.2, 0) is 12.0 Å². The molecule has 2 aromatic rings. The lowest BCUT2D eigenvalue weighted by molar-refractivity contribution is 0.486. The van der Waals surface area contributed by atoms with Crippen molar-refractivity contribution in [3.05, 3.63) is 32.4 Å². The number of hydrogen-bond donors (Lipinski definition) is 1. The maximum Gasteiger partial charge on any atom is 0.148 e. The van der Waals surface area contributed by atoms with Gasteiger partial charge in [0.2, 0.25) is 0 Å². The number of fused-ring (bicyclic) bond motifs is 1. The summed E-state index contributed by atoms with van der Waals surface area (Å²) in [5.74, 6) is 1.03. The van der Waals surface area contributed by atoms with Crippen molar-refractivity contribution in [1.29, 1.82) is 0 Å². The second kappa shape index (κ2) is 5.58. The highest BCUT2D eigenvalue weighted by molar-refractivity contribution is 9.11. The molecule has 1 aromatic heterocycles. The summed E-state index contributed by atoms with van der Waals surface area (Å²) in [6.45, 7) is 10.5. The van der Waals surface area contributed by atoms with Gasteiger partial charge in [0.1, 0.15) is 11.3 Å². The molecule has 0 fully saturated rings. The average molecular weight is 389 g/mol. The third-order valence-electron chi connectivity index (χ3n) is 3.07. The van der Waals surface area contributed by atoms with Crippen molar-refractivity contribution in [2.45, 2.75) is 39.7 Å². The zero-order chi connectivity index (χ0) is 14.2. The van der Waals surface area contributed by atoms with E-state index in [9.17, 15) is 0 Å². The standard InChI is InChI=1S/C15H19Br2NO/c1-5-18-8-12-13(15(2,3)4)10-6-9(16)7-11(17)14(10)19-12/h6-7,18H,5,8H2,1-4H3. The van der Waals surface area contributed by atoms with Crippen LogP contribution in [0.1, 0.15) is 39.0 Å². The molecule has 0 aliphatic rings. The second-order valence-corrected chi connectivity index (χ2v) is 7.46. The molecule has 0 aliphatic carbocycles. The molecule has 0 unspecified atom stereocenters. The summed E-state index contributed by atoms with van der Waals surface area (Å²) in [7, 11) is 0. The molecule has 0 saturated carbocycles. The van der Waals surface area contributed by atoms with E-state index in [1.165, 1.54) is 10.9 Å². The van der Waals surface area contributed by atoms with Gasteiger partial charge in [0.15, 0.2) is 0 Å². The minimum Gasteiger partial charge on any atom is -0.458 e. The molecule has 19 heavy (non-hydrogen) atoms. The van der Waals surface area contributed by atoms with Crippen molar-refractivity contribution in [2.75, 3.05) is 6.54 Å². The van der Waals surface area contributed by atoms with Crippen LogP contribution in [0.2, 0.25) is 0 Å². The highest BCUT2D eigenvalue weighted by Gasteiger charge is 2.26. The molecule has 1 N–H and O–H groups in total. The molecule has 104 valence electrons. The summed E-state index contributed by atoms with van der Waals surface area (Å²) in [4.78, 5) is 0. The number of nitrogens with one attached hydrogen (secondary N) is 1. The quantitative estimate of drug-likeness (QED) is 0.764. The second-order valence-electron chi connectivity index (χ2n) is 5.69. The maximum absolute atomic E-state index is 6.08. The van der Waals surface area contributed by atoms with E-state index in [1.807, 2.05) is 6.07 Å². The van der Waals surface area contributed by atoms with E-state index >= 15 is 0 Å². The van der Waals surface area contributed by atoms with E-state index in [1.54, 1.807) is 0 Å². The van der Waals surface area contributed by atoms with E-state index in [4.69, 9.17) is 4.42 Å². The molecule has 1 heterocycles. The van der Waals surface area contributed by atoms with Crippen LogP contribution >= 0.6 is 31.9 Å². The highest BCUT2D eigenvalue weighted by atomic mass is 79.9. The number of hydrogen-bond acceptors (Lipinski definition) is 2. The van der Waals surface area contributed by atoms with Gasteiger partial charge in [-0.25, -0.2) is 0 Å². The molecule has 2 nitrogen and oxygen atoms in total. The van der Waals surface area contributed by atoms with Crippen LogP contribution in [-0.4, -0.2) is 6.54 Å². The first-order valence-corrected chi connectivity index (χ1v) is 8.04. The zero-order valence-electron chi connectivity index (χ0n) is 11.7. The number of furan rings is 1. The third-order valence-corrected chi connectivity index (χ3v) is 4.11. The Morgan fingerprint density at radius 3 is 2.47 bits per heavy atom. The van der Waals surface area contributed by atoms with Crippen molar-refractivity contribution in [3.63, 3.8) is 0 Å². The Morgan fingerprint density at radius 2 is 1.89 bits per heavy atom. The van der Waals surface area contributed by atoms with Crippen LogP contribution < -0.4 is 5.32 Å². The monoisotopic (exact) mass is 387 g/mol. The smallest absolute Gasteiger partial charge is 0.148 e. The highest BCUT2D eigenvalue weighted by Crippen LogP contribution is 2.40. The van der Waals surface area contributed by atoms with Gasteiger partial charge in [-0.05, 0) is 40.0 Å². The number of benzene rings is 1. The summed E-state index contributed by atoms with van der Waals surface area (Å²) in [6, 6.07) is 4.16. The molecule has 0 bridgehead atoms. The molecule has 0 radical (unpaired) electrons. The van der Waals surface area contributed by atoms with Crippen molar-refractivity contribution in [2.24, 2.45) is 0 Å². The fourth-order valence-electron chi connectivity index (χ4n) is 2.36. The summed E-state index contributed by atoms with van der Waals surface area (Å²) in [5, 5.41) is 4.53. The molecule has 0 spiro atoms.